The monoisotopic (exact) mass is 336 g/mol. The Labute approximate surface area is 133 Å². The number of carboxylic acids is 1. The highest BCUT2D eigenvalue weighted by Gasteiger charge is 2.51. The average molecular weight is 336 g/mol. The van der Waals surface area contributed by atoms with Gasteiger partial charge in [-0.05, 0) is 36.5 Å². The molecule has 4 N–H and O–H groups in total. The maximum absolute atomic E-state index is 12.5. The molecule has 0 aliphatic heterocycles. The summed E-state index contributed by atoms with van der Waals surface area (Å²) in [5.41, 5.74) is 0.275. The molecule has 2 bridgehead atoms. The molecule has 0 aromatic heterocycles. The molecule has 122 valence electrons. The molecular formula is C15H16N2O5S. The van der Waals surface area contributed by atoms with Crippen molar-refractivity contribution in [2.45, 2.75) is 11.3 Å². The fraction of sp³-hybridized carbons (Fsp3) is 0.333. The quantitative estimate of drug-likeness (QED) is 0.701. The Morgan fingerprint density at radius 2 is 1.83 bits per heavy atom. The summed E-state index contributed by atoms with van der Waals surface area (Å²) in [5.74, 6) is -3.01. The van der Waals surface area contributed by atoms with Gasteiger partial charge in [0.05, 0.1) is 16.7 Å². The van der Waals surface area contributed by atoms with Crippen molar-refractivity contribution < 1.29 is 23.1 Å². The van der Waals surface area contributed by atoms with Gasteiger partial charge in [-0.3, -0.25) is 9.59 Å². The molecule has 2 aliphatic carbocycles. The van der Waals surface area contributed by atoms with Gasteiger partial charge in [0.2, 0.25) is 15.9 Å². The molecule has 8 heteroatoms. The van der Waals surface area contributed by atoms with Gasteiger partial charge >= 0.3 is 5.97 Å². The Morgan fingerprint density at radius 1 is 1.17 bits per heavy atom. The zero-order valence-corrected chi connectivity index (χ0v) is 12.9. The normalized spacial score (nSPS) is 28.7. The zero-order chi connectivity index (χ0) is 16.8. The van der Waals surface area contributed by atoms with Crippen LogP contribution in [0.3, 0.4) is 0 Å². The molecule has 2 aliphatic rings. The number of carbonyl (C=O) groups is 2. The van der Waals surface area contributed by atoms with E-state index < -0.39 is 33.7 Å². The first-order chi connectivity index (χ1) is 10.8. The van der Waals surface area contributed by atoms with E-state index in [2.05, 4.69) is 5.32 Å². The molecule has 0 radical (unpaired) electrons. The number of amides is 1. The van der Waals surface area contributed by atoms with Crippen LogP contribution in [0, 0.1) is 23.7 Å². The van der Waals surface area contributed by atoms with E-state index in [1.54, 1.807) is 0 Å². The fourth-order valence-electron chi connectivity index (χ4n) is 3.49. The van der Waals surface area contributed by atoms with Gasteiger partial charge in [-0.1, -0.05) is 18.2 Å². The molecule has 4 atom stereocenters. The molecule has 3 rings (SSSR count). The van der Waals surface area contributed by atoms with Crippen LogP contribution in [-0.4, -0.2) is 25.4 Å². The first-order valence-corrected chi connectivity index (χ1v) is 8.67. The average Bonchev–Trinajstić information content (AvgIpc) is 3.07. The SMILES string of the molecule is NS(=O)(=O)c1cccc(NC(=O)[C@@H]2C3C=CC(C3)[C@@H]2C(=O)O)c1. The lowest BCUT2D eigenvalue weighted by Gasteiger charge is -2.23. The molecule has 1 aromatic rings. The van der Waals surface area contributed by atoms with Crippen molar-refractivity contribution in [2.75, 3.05) is 5.32 Å². The van der Waals surface area contributed by atoms with Crippen molar-refractivity contribution in [3.05, 3.63) is 36.4 Å². The second-order valence-corrected chi connectivity index (χ2v) is 7.46. The number of fused-ring (bicyclic) bond motifs is 2. The third-order valence-electron chi connectivity index (χ3n) is 4.48. The van der Waals surface area contributed by atoms with Crippen LogP contribution in [0.25, 0.3) is 0 Å². The van der Waals surface area contributed by atoms with Gasteiger partial charge in [-0.2, -0.15) is 0 Å². The van der Waals surface area contributed by atoms with Crippen molar-refractivity contribution >= 4 is 27.6 Å². The number of carbonyl (C=O) groups excluding carboxylic acids is 1. The molecule has 1 aromatic carbocycles. The van der Waals surface area contributed by atoms with Gasteiger partial charge in [0.15, 0.2) is 0 Å². The molecule has 0 saturated heterocycles. The maximum atomic E-state index is 12.5. The maximum Gasteiger partial charge on any atom is 0.307 e. The Hall–Kier alpha value is -2.19. The highest BCUT2D eigenvalue weighted by Crippen LogP contribution is 2.48. The third kappa shape index (κ3) is 2.87. The number of hydrogen-bond acceptors (Lipinski definition) is 4. The van der Waals surface area contributed by atoms with Crippen LogP contribution in [0.5, 0.6) is 0 Å². The highest BCUT2D eigenvalue weighted by molar-refractivity contribution is 7.89. The van der Waals surface area contributed by atoms with Crippen LogP contribution in [0.15, 0.2) is 41.3 Å². The van der Waals surface area contributed by atoms with Crippen molar-refractivity contribution in [3.63, 3.8) is 0 Å². The summed E-state index contributed by atoms with van der Waals surface area (Å²) in [6, 6.07) is 5.58. The smallest absolute Gasteiger partial charge is 0.307 e. The van der Waals surface area contributed by atoms with Gasteiger partial charge in [-0.15, -0.1) is 0 Å². The van der Waals surface area contributed by atoms with Crippen LogP contribution < -0.4 is 10.5 Å². The number of nitrogens with two attached hydrogens (primary N) is 1. The van der Waals surface area contributed by atoms with Crippen LogP contribution in [0.2, 0.25) is 0 Å². The van der Waals surface area contributed by atoms with Gasteiger partial charge in [0.25, 0.3) is 0 Å². The molecule has 7 nitrogen and oxygen atoms in total. The number of hydrogen-bond donors (Lipinski definition) is 3. The number of allylic oxidation sites excluding steroid dienone is 2. The zero-order valence-electron chi connectivity index (χ0n) is 12.0. The molecule has 1 saturated carbocycles. The van der Waals surface area contributed by atoms with E-state index >= 15 is 0 Å². The van der Waals surface area contributed by atoms with Crippen molar-refractivity contribution in [2.24, 2.45) is 28.8 Å². The Kier molecular flexibility index (Phi) is 3.73. The summed E-state index contributed by atoms with van der Waals surface area (Å²) in [6.45, 7) is 0. The van der Waals surface area contributed by atoms with Gasteiger partial charge < -0.3 is 10.4 Å². The summed E-state index contributed by atoms with van der Waals surface area (Å²) in [6.07, 6.45) is 4.40. The van der Waals surface area contributed by atoms with Crippen molar-refractivity contribution in [3.8, 4) is 0 Å². The topological polar surface area (TPSA) is 127 Å². The van der Waals surface area contributed by atoms with Crippen LogP contribution in [0.1, 0.15) is 6.42 Å². The number of anilines is 1. The lowest BCUT2D eigenvalue weighted by Crippen LogP contribution is -2.36. The standard InChI is InChI=1S/C15H16N2O5S/c16-23(21,22)11-3-1-2-10(7-11)17-14(18)12-8-4-5-9(6-8)13(12)15(19)20/h1-5,7-9,12-13H,6H2,(H,17,18)(H,19,20)(H2,16,21,22)/t8?,9?,12-,13+/m1/s1. The molecule has 0 heterocycles. The third-order valence-corrected chi connectivity index (χ3v) is 5.39. The van der Waals surface area contributed by atoms with E-state index in [9.17, 15) is 23.1 Å². The number of nitrogens with one attached hydrogen (secondary N) is 1. The minimum Gasteiger partial charge on any atom is -0.481 e. The Morgan fingerprint density at radius 3 is 2.43 bits per heavy atom. The minimum absolute atomic E-state index is 0.0949. The molecule has 0 spiro atoms. The van der Waals surface area contributed by atoms with E-state index in [0.717, 1.165) is 0 Å². The van der Waals surface area contributed by atoms with E-state index in [-0.39, 0.29) is 22.4 Å². The number of carboxylic acid groups (broad SMARTS) is 1. The summed E-state index contributed by atoms with van der Waals surface area (Å²) < 4.78 is 22.7. The number of aliphatic carboxylic acids is 1. The van der Waals surface area contributed by atoms with Crippen molar-refractivity contribution in [1.29, 1.82) is 0 Å². The Balaban J connectivity index is 1.82. The fourth-order valence-corrected chi connectivity index (χ4v) is 4.05. The minimum atomic E-state index is -3.87. The molecule has 1 amide bonds. The molecular weight excluding hydrogens is 320 g/mol. The summed E-state index contributed by atoms with van der Waals surface area (Å²) in [5, 5.41) is 17.0. The molecule has 1 fully saturated rings. The first-order valence-electron chi connectivity index (χ1n) is 7.12. The number of benzene rings is 1. The predicted molar refractivity (Wildman–Crippen MR) is 81.8 cm³/mol. The highest BCUT2D eigenvalue weighted by atomic mass is 32.2. The van der Waals surface area contributed by atoms with Crippen LogP contribution in [0.4, 0.5) is 5.69 Å². The van der Waals surface area contributed by atoms with E-state index in [0.29, 0.717) is 6.42 Å². The summed E-state index contributed by atoms with van der Waals surface area (Å²) in [7, 11) is -3.87. The predicted octanol–water partition coefficient (Wildman–Crippen LogP) is 0.795. The summed E-state index contributed by atoms with van der Waals surface area (Å²) in [4.78, 5) is 23.8. The van der Waals surface area contributed by atoms with Gasteiger partial charge in [0, 0.05) is 5.69 Å². The molecule has 2 unspecified atom stereocenters. The lowest BCUT2D eigenvalue weighted by atomic mass is 9.82. The molecule has 23 heavy (non-hydrogen) atoms. The lowest BCUT2D eigenvalue weighted by molar-refractivity contribution is -0.146. The van der Waals surface area contributed by atoms with E-state index in [1.165, 1.54) is 24.3 Å². The Bertz CT molecular complexity index is 802. The first kappa shape index (κ1) is 15.7. The largest absolute Gasteiger partial charge is 0.481 e. The number of primary sulfonamides is 1. The van der Waals surface area contributed by atoms with E-state index in [1.807, 2.05) is 12.2 Å². The van der Waals surface area contributed by atoms with E-state index in [4.69, 9.17) is 5.14 Å². The van der Waals surface area contributed by atoms with Gasteiger partial charge in [-0.25, -0.2) is 13.6 Å². The van der Waals surface area contributed by atoms with Crippen LogP contribution >= 0.6 is 0 Å². The van der Waals surface area contributed by atoms with Gasteiger partial charge in [0.1, 0.15) is 0 Å². The second-order valence-electron chi connectivity index (χ2n) is 5.90. The number of sulfonamides is 1. The second kappa shape index (κ2) is 5.47. The van der Waals surface area contributed by atoms with Crippen molar-refractivity contribution in [1.82, 2.24) is 0 Å². The number of rotatable bonds is 4. The van der Waals surface area contributed by atoms with Crippen LogP contribution in [-0.2, 0) is 19.6 Å². The summed E-state index contributed by atoms with van der Waals surface area (Å²) >= 11 is 0.